The van der Waals surface area contributed by atoms with Crippen LogP contribution in [-0.4, -0.2) is 22.0 Å². The number of hydrogen-bond donors (Lipinski definition) is 2. The van der Waals surface area contributed by atoms with E-state index in [0.29, 0.717) is 12.0 Å². The average Bonchev–Trinajstić information content (AvgIpc) is 2.55. The summed E-state index contributed by atoms with van der Waals surface area (Å²) in [7, 11) is 0. The van der Waals surface area contributed by atoms with Crippen LogP contribution in [-0.2, 0) is 22.6 Å². The normalized spacial score (nSPS) is 11.7. The molecule has 23 heavy (non-hydrogen) atoms. The Kier molecular flexibility index (Phi) is 5.27. The van der Waals surface area contributed by atoms with E-state index in [1.807, 2.05) is 0 Å². The van der Waals surface area contributed by atoms with Gasteiger partial charge in [-0.3, -0.25) is 14.9 Å². The predicted octanol–water partition coefficient (Wildman–Crippen LogP) is 1.91. The minimum Gasteiger partial charge on any atom is -0.508 e. The molecule has 0 aromatic heterocycles. The number of carbonyl (C=O) groups is 1. The van der Waals surface area contributed by atoms with E-state index in [4.69, 9.17) is 10.5 Å². The number of phenolic OH excluding ortho intramolecular Hbond substituents is 1. The predicted molar refractivity (Wildman–Crippen MR) is 82.7 cm³/mol. The number of phenols is 1. The quantitative estimate of drug-likeness (QED) is 0.478. The van der Waals surface area contributed by atoms with Crippen LogP contribution in [0.5, 0.6) is 5.75 Å². The maximum absolute atomic E-state index is 11.9. The lowest BCUT2D eigenvalue weighted by molar-refractivity contribution is -0.384. The van der Waals surface area contributed by atoms with Gasteiger partial charge in [0.25, 0.3) is 5.69 Å². The molecule has 0 spiro atoms. The van der Waals surface area contributed by atoms with Crippen molar-refractivity contribution in [3.63, 3.8) is 0 Å². The summed E-state index contributed by atoms with van der Waals surface area (Å²) < 4.78 is 5.10. The highest BCUT2D eigenvalue weighted by atomic mass is 16.6. The van der Waals surface area contributed by atoms with E-state index in [1.165, 1.54) is 36.4 Å². The highest BCUT2D eigenvalue weighted by molar-refractivity contribution is 5.75. The molecule has 0 heterocycles. The molecule has 7 heteroatoms. The number of non-ortho nitro benzene ring substituents is 1. The summed E-state index contributed by atoms with van der Waals surface area (Å²) in [5.41, 5.74) is 7.21. The van der Waals surface area contributed by atoms with Crippen LogP contribution in [0.3, 0.4) is 0 Å². The number of carbonyl (C=O) groups excluding carboxylic acids is 1. The lowest BCUT2D eigenvalue weighted by Crippen LogP contribution is -2.34. The van der Waals surface area contributed by atoms with Gasteiger partial charge in [-0.25, -0.2) is 0 Å². The number of benzene rings is 2. The summed E-state index contributed by atoms with van der Waals surface area (Å²) in [6.07, 6.45) is 0.291. The highest BCUT2D eigenvalue weighted by Gasteiger charge is 2.16. The topological polar surface area (TPSA) is 116 Å². The van der Waals surface area contributed by atoms with Crippen LogP contribution in [0.4, 0.5) is 5.69 Å². The van der Waals surface area contributed by atoms with Gasteiger partial charge in [-0.1, -0.05) is 12.1 Å². The minimum absolute atomic E-state index is 0.000105. The molecule has 2 aromatic carbocycles. The number of hydrogen-bond acceptors (Lipinski definition) is 6. The van der Waals surface area contributed by atoms with Crippen LogP contribution >= 0.6 is 0 Å². The fourth-order valence-electron chi connectivity index (χ4n) is 1.94. The minimum atomic E-state index is -0.822. The summed E-state index contributed by atoms with van der Waals surface area (Å²) >= 11 is 0. The van der Waals surface area contributed by atoms with E-state index < -0.39 is 16.9 Å². The second-order valence-electron chi connectivity index (χ2n) is 5.01. The molecule has 0 aliphatic rings. The van der Waals surface area contributed by atoms with E-state index in [-0.39, 0.29) is 18.0 Å². The van der Waals surface area contributed by atoms with Crippen molar-refractivity contribution in [1.29, 1.82) is 0 Å². The molecule has 0 amide bonds. The first-order chi connectivity index (χ1) is 11.0. The molecule has 0 radical (unpaired) electrons. The van der Waals surface area contributed by atoms with E-state index in [1.54, 1.807) is 12.1 Å². The van der Waals surface area contributed by atoms with Gasteiger partial charge in [0, 0.05) is 12.1 Å². The number of ether oxygens (including phenoxy) is 1. The van der Waals surface area contributed by atoms with Crippen molar-refractivity contribution in [2.45, 2.75) is 19.1 Å². The van der Waals surface area contributed by atoms with Crippen molar-refractivity contribution in [3.8, 4) is 5.75 Å². The number of aromatic hydroxyl groups is 1. The van der Waals surface area contributed by atoms with Gasteiger partial charge in [0.1, 0.15) is 18.4 Å². The number of nitrogens with zero attached hydrogens (tertiary/aromatic N) is 1. The fraction of sp³-hybridized carbons (Fsp3) is 0.188. The molecule has 1 atom stereocenters. The molecule has 0 bridgehead atoms. The summed E-state index contributed by atoms with van der Waals surface area (Å²) in [5, 5.41) is 19.7. The Morgan fingerprint density at radius 1 is 1.13 bits per heavy atom. The zero-order chi connectivity index (χ0) is 16.8. The molecule has 0 fully saturated rings. The van der Waals surface area contributed by atoms with Crippen molar-refractivity contribution in [2.24, 2.45) is 5.73 Å². The first-order valence-electron chi connectivity index (χ1n) is 6.89. The molecular weight excluding hydrogens is 300 g/mol. The van der Waals surface area contributed by atoms with Gasteiger partial charge >= 0.3 is 5.97 Å². The molecule has 2 rings (SSSR count). The maximum atomic E-state index is 11.9. The zero-order valence-electron chi connectivity index (χ0n) is 12.2. The Balaban J connectivity index is 1.86. The number of nitrogens with two attached hydrogens (primary N) is 1. The zero-order valence-corrected chi connectivity index (χ0v) is 12.2. The van der Waals surface area contributed by atoms with Crippen LogP contribution in [0.1, 0.15) is 11.1 Å². The Labute approximate surface area is 132 Å². The largest absolute Gasteiger partial charge is 0.508 e. The lowest BCUT2D eigenvalue weighted by atomic mass is 10.1. The van der Waals surface area contributed by atoms with Gasteiger partial charge in [-0.05, 0) is 41.8 Å². The first-order valence-corrected chi connectivity index (χ1v) is 6.89. The molecule has 0 saturated heterocycles. The summed E-state index contributed by atoms with van der Waals surface area (Å²) in [6, 6.07) is 11.3. The third-order valence-electron chi connectivity index (χ3n) is 3.22. The molecule has 0 unspecified atom stereocenters. The number of esters is 1. The van der Waals surface area contributed by atoms with Crippen LogP contribution in [0, 0.1) is 10.1 Å². The van der Waals surface area contributed by atoms with Crippen LogP contribution in [0.15, 0.2) is 48.5 Å². The van der Waals surface area contributed by atoms with Crippen LogP contribution in [0.25, 0.3) is 0 Å². The van der Waals surface area contributed by atoms with E-state index in [2.05, 4.69) is 0 Å². The van der Waals surface area contributed by atoms with E-state index in [9.17, 15) is 20.0 Å². The molecule has 0 aliphatic heterocycles. The Hall–Kier alpha value is -2.93. The van der Waals surface area contributed by atoms with Crippen molar-refractivity contribution in [2.75, 3.05) is 0 Å². The van der Waals surface area contributed by atoms with Crippen LogP contribution in [0.2, 0.25) is 0 Å². The summed E-state index contributed by atoms with van der Waals surface area (Å²) in [4.78, 5) is 21.9. The first kappa shape index (κ1) is 16.4. The molecule has 3 N–H and O–H groups in total. The SMILES string of the molecule is N[C@@H](Cc1ccc(O)cc1)C(=O)OCc1ccc([N+](=O)[O-])cc1. The van der Waals surface area contributed by atoms with Gasteiger partial charge < -0.3 is 15.6 Å². The monoisotopic (exact) mass is 316 g/mol. The van der Waals surface area contributed by atoms with E-state index >= 15 is 0 Å². The van der Waals surface area contributed by atoms with Crippen LogP contribution < -0.4 is 5.73 Å². The third-order valence-corrected chi connectivity index (χ3v) is 3.22. The summed E-state index contributed by atoms with van der Waals surface area (Å²) in [6.45, 7) is 0.000105. The molecule has 0 aliphatic carbocycles. The number of nitro groups is 1. The molecular formula is C16H16N2O5. The molecule has 0 saturated carbocycles. The molecule has 120 valence electrons. The van der Waals surface area contributed by atoms with Crippen molar-refractivity contribution in [1.82, 2.24) is 0 Å². The van der Waals surface area contributed by atoms with Gasteiger partial charge in [-0.2, -0.15) is 0 Å². The highest BCUT2D eigenvalue weighted by Crippen LogP contribution is 2.14. The van der Waals surface area contributed by atoms with Gasteiger partial charge in [0.05, 0.1) is 4.92 Å². The Bertz CT molecular complexity index is 683. The standard InChI is InChI=1S/C16H16N2O5/c17-15(9-11-3-7-14(19)8-4-11)16(20)23-10-12-1-5-13(6-2-12)18(21)22/h1-8,15,19H,9-10,17H2/t15-/m0/s1. The smallest absolute Gasteiger partial charge is 0.323 e. The number of nitro benzene ring substituents is 1. The Morgan fingerprint density at radius 2 is 1.70 bits per heavy atom. The molecule has 7 nitrogen and oxygen atoms in total. The second-order valence-corrected chi connectivity index (χ2v) is 5.01. The lowest BCUT2D eigenvalue weighted by Gasteiger charge is -2.11. The van der Waals surface area contributed by atoms with Gasteiger partial charge in [-0.15, -0.1) is 0 Å². The van der Waals surface area contributed by atoms with E-state index in [0.717, 1.165) is 5.56 Å². The fourth-order valence-corrected chi connectivity index (χ4v) is 1.94. The third kappa shape index (κ3) is 4.79. The van der Waals surface area contributed by atoms with Crippen molar-refractivity contribution >= 4 is 11.7 Å². The van der Waals surface area contributed by atoms with Gasteiger partial charge in [0.15, 0.2) is 0 Å². The average molecular weight is 316 g/mol. The maximum Gasteiger partial charge on any atom is 0.323 e. The molecule has 2 aromatic rings. The second kappa shape index (κ2) is 7.37. The summed E-state index contributed by atoms with van der Waals surface area (Å²) in [5.74, 6) is -0.417. The van der Waals surface area contributed by atoms with Gasteiger partial charge in [0.2, 0.25) is 0 Å². The van der Waals surface area contributed by atoms with Crippen molar-refractivity contribution in [3.05, 3.63) is 69.8 Å². The van der Waals surface area contributed by atoms with Crippen molar-refractivity contribution < 1.29 is 19.6 Å². The number of rotatable bonds is 6. The Morgan fingerprint density at radius 3 is 2.26 bits per heavy atom.